The lowest BCUT2D eigenvalue weighted by Crippen LogP contribution is -2.15. The summed E-state index contributed by atoms with van der Waals surface area (Å²) in [6.07, 6.45) is 0. The number of ether oxygens (including phenoxy) is 1. The predicted molar refractivity (Wildman–Crippen MR) is 110 cm³/mol. The van der Waals surface area contributed by atoms with E-state index in [9.17, 15) is 9.59 Å². The van der Waals surface area contributed by atoms with Crippen LogP contribution >= 0.6 is 11.3 Å². The summed E-state index contributed by atoms with van der Waals surface area (Å²) in [6.45, 7) is 4.21. The summed E-state index contributed by atoms with van der Waals surface area (Å²) >= 11 is 1.40. The molecule has 2 aromatic carbocycles. The van der Waals surface area contributed by atoms with Crippen molar-refractivity contribution >= 4 is 28.1 Å². The first-order valence-corrected chi connectivity index (χ1v) is 9.66. The van der Waals surface area contributed by atoms with Crippen molar-refractivity contribution in [2.24, 2.45) is 0 Å². The minimum Gasteiger partial charge on any atom is -0.462 e. The Morgan fingerprint density at radius 2 is 1.74 bits per heavy atom. The van der Waals surface area contributed by atoms with Gasteiger partial charge in [0, 0.05) is 16.5 Å². The lowest BCUT2D eigenvalue weighted by Gasteiger charge is -2.09. The topological polar surface area (TPSA) is 55.4 Å². The number of hydrogen-bond donors (Lipinski definition) is 1. The number of Topliss-reactive ketones (excluding diaryl/α,β-unsaturated/α-hetero) is 1. The van der Waals surface area contributed by atoms with E-state index in [-0.39, 0.29) is 18.3 Å². The first kappa shape index (κ1) is 18.9. The molecule has 0 unspecified atom stereocenters. The number of anilines is 1. The maximum absolute atomic E-state index is 12.6. The fourth-order valence-electron chi connectivity index (χ4n) is 2.73. The summed E-state index contributed by atoms with van der Waals surface area (Å²) in [4.78, 5) is 24.9. The quantitative estimate of drug-likeness (QED) is 0.453. The van der Waals surface area contributed by atoms with Crippen molar-refractivity contribution < 1.29 is 14.3 Å². The maximum atomic E-state index is 12.6. The van der Waals surface area contributed by atoms with Crippen molar-refractivity contribution in [3.63, 3.8) is 0 Å². The summed E-state index contributed by atoms with van der Waals surface area (Å²) in [5.74, 6) is -0.417. The standard InChI is InChI=1S/C22H21NO3S/c1-3-26-22(25)20-18(16-11-9-15(2)10-12-16)14-27-21(20)23-13-19(24)17-7-5-4-6-8-17/h4-12,14,23H,3,13H2,1-2H3. The Morgan fingerprint density at radius 1 is 1.04 bits per heavy atom. The number of esters is 1. The van der Waals surface area contributed by atoms with E-state index in [4.69, 9.17) is 4.74 Å². The van der Waals surface area contributed by atoms with E-state index in [1.807, 2.05) is 54.8 Å². The highest BCUT2D eigenvalue weighted by Gasteiger charge is 2.22. The molecule has 0 amide bonds. The van der Waals surface area contributed by atoms with Crippen LogP contribution in [0.2, 0.25) is 0 Å². The molecular formula is C22H21NO3S. The summed E-state index contributed by atoms with van der Waals surface area (Å²) in [5, 5.41) is 5.69. The average molecular weight is 379 g/mol. The van der Waals surface area contributed by atoms with Gasteiger partial charge >= 0.3 is 5.97 Å². The SMILES string of the molecule is CCOC(=O)c1c(-c2ccc(C)cc2)csc1NCC(=O)c1ccccc1. The van der Waals surface area contributed by atoms with E-state index in [1.54, 1.807) is 19.1 Å². The van der Waals surface area contributed by atoms with Crippen LogP contribution in [-0.4, -0.2) is 24.9 Å². The molecule has 4 nitrogen and oxygen atoms in total. The van der Waals surface area contributed by atoms with Crippen LogP contribution in [0, 0.1) is 6.92 Å². The largest absolute Gasteiger partial charge is 0.462 e. The first-order chi connectivity index (χ1) is 13.1. The fraction of sp³-hybridized carbons (Fsp3) is 0.182. The third-order valence-electron chi connectivity index (χ3n) is 4.14. The Bertz CT molecular complexity index is 930. The minimum absolute atomic E-state index is 0.0318. The highest BCUT2D eigenvalue weighted by atomic mass is 32.1. The maximum Gasteiger partial charge on any atom is 0.341 e. The zero-order chi connectivity index (χ0) is 19.2. The lowest BCUT2D eigenvalue weighted by molar-refractivity contribution is 0.0528. The van der Waals surface area contributed by atoms with Crippen LogP contribution in [0.4, 0.5) is 5.00 Å². The van der Waals surface area contributed by atoms with Crippen molar-refractivity contribution in [1.29, 1.82) is 0 Å². The van der Waals surface area contributed by atoms with Gasteiger partial charge in [0.2, 0.25) is 0 Å². The molecule has 0 saturated heterocycles. The van der Waals surface area contributed by atoms with Crippen molar-refractivity contribution in [2.45, 2.75) is 13.8 Å². The monoisotopic (exact) mass is 379 g/mol. The molecule has 5 heteroatoms. The molecule has 0 aliphatic carbocycles. The second kappa shape index (κ2) is 8.64. The van der Waals surface area contributed by atoms with Crippen LogP contribution in [0.15, 0.2) is 60.0 Å². The van der Waals surface area contributed by atoms with Gasteiger partial charge in [-0.1, -0.05) is 60.2 Å². The summed E-state index contributed by atoms with van der Waals surface area (Å²) in [7, 11) is 0. The highest BCUT2D eigenvalue weighted by Crippen LogP contribution is 2.36. The zero-order valence-electron chi connectivity index (χ0n) is 15.3. The Balaban J connectivity index is 1.87. The number of hydrogen-bond acceptors (Lipinski definition) is 5. The van der Waals surface area contributed by atoms with Gasteiger partial charge in [-0.15, -0.1) is 11.3 Å². The van der Waals surface area contributed by atoms with Crippen LogP contribution in [0.1, 0.15) is 33.2 Å². The Kier molecular flexibility index (Phi) is 6.04. The molecule has 0 atom stereocenters. The van der Waals surface area contributed by atoms with Crippen LogP contribution in [0.5, 0.6) is 0 Å². The number of ketones is 1. The van der Waals surface area contributed by atoms with Crippen molar-refractivity contribution in [3.05, 3.63) is 76.7 Å². The van der Waals surface area contributed by atoms with Gasteiger partial charge in [0.25, 0.3) is 0 Å². The number of nitrogens with one attached hydrogen (secondary N) is 1. The molecule has 138 valence electrons. The molecule has 0 saturated carbocycles. The third kappa shape index (κ3) is 4.44. The molecule has 0 aliphatic rings. The number of benzene rings is 2. The van der Waals surface area contributed by atoms with Gasteiger partial charge in [-0.05, 0) is 19.4 Å². The number of rotatable bonds is 7. The molecule has 1 heterocycles. The molecule has 0 spiro atoms. The van der Waals surface area contributed by atoms with E-state index in [0.717, 1.165) is 16.7 Å². The smallest absolute Gasteiger partial charge is 0.341 e. The average Bonchev–Trinajstić information content (AvgIpc) is 3.11. The summed E-state index contributed by atoms with van der Waals surface area (Å²) in [6, 6.07) is 17.1. The molecular weight excluding hydrogens is 358 g/mol. The van der Waals surface area contributed by atoms with Crippen LogP contribution in [-0.2, 0) is 4.74 Å². The lowest BCUT2D eigenvalue weighted by atomic mass is 10.0. The van der Waals surface area contributed by atoms with Crippen LogP contribution in [0.25, 0.3) is 11.1 Å². The summed E-state index contributed by atoms with van der Waals surface area (Å²) < 4.78 is 5.25. The molecule has 1 N–H and O–H groups in total. The van der Waals surface area contributed by atoms with Crippen LogP contribution < -0.4 is 5.32 Å². The number of thiophene rings is 1. The fourth-order valence-corrected chi connectivity index (χ4v) is 3.68. The van der Waals surface area contributed by atoms with Gasteiger partial charge in [0.05, 0.1) is 13.2 Å². The number of aryl methyl sites for hydroxylation is 1. The van der Waals surface area contributed by atoms with E-state index in [0.29, 0.717) is 22.7 Å². The van der Waals surface area contributed by atoms with Gasteiger partial charge in [0.15, 0.2) is 5.78 Å². The van der Waals surface area contributed by atoms with Gasteiger partial charge in [0.1, 0.15) is 10.6 Å². The third-order valence-corrected chi connectivity index (χ3v) is 5.08. The number of carbonyl (C=O) groups is 2. The second-order valence-corrected chi connectivity index (χ2v) is 6.96. The van der Waals surface area contributed by atoms with Gasteiger partial charge < -0.3 is 10.1 Å². The van der Waals surface area contributed by atoms with Crippen molar-refractivity contribution in [1.82, 2.24) is 0 Å². The molecule has 3 rings (SSSR count). The molecule has 3 aromatic rings. The molecule has 0 fully saturated rings. The molecule has 27 heavy (non-hydrogen) atoms. The molecule has 0 bridgehead atoms. The van der Waals surface area contributed by atoms with Gasteiger partial charge in [-0.3, -0.25) is 4.79 Å². The van der Waals surface area contributed by atoms with Gasteiger partial charge in [-0.25, -0.2) is 4.79 Å². The molecule has 0 aliphatic heterocycles. The first-order valence-electron chi connectivity index (χ1n) is 8.78. The Morgan fingerprint density at radius 3 is 2.41 bits per heavy atom. The Labute approximate surface area is 162 Å². The minimum atomic E-state index is -0.385. The van der Waals surface area contributed by atoms with E-state index >= 15 is 0 Å². The van der Waals surface area contributed by atoms with Crippen molar-refractivity contribution in [3.8, 4) is 11.1 Å². The van der Waals surface area contributed by atoms with E-state index < -0.39 is 0 Å². The van der Waals surface area contributed by atoms with Gasteiger partial charge in [-0.2, -0.15) is 0 Å². The highest BCUT2D eigenvalue weighted by molar-refractivity contribution is 7.15. The molecule has 0 radical (unpaired) electrons. The Hall–Kier alpha value is -2.92. The van der Waals surface area contributed by atoms with E-state index in [2.05, 4.69) is 5.32 Å². The second-order valence-electron chi connectivity index (χ2n) is 6.08. The predicted octanol–water partition coefficient (Wildman–Crippen LogP) is 5.20. The van der Waals surface area contributed by atoms with E-state index in [1.165, 1.54) is 11.3 Å². The number of carbonyl (C=O) groups excluding carboxylic acids is 2. The van der Waals surface area contributed by atoms with Crippen LogP contribution in [0.3, 0.4) is 0 Å². The summed E-state index contributed by atoms with van der Waals surface area (Å²) in [5.41, 5.74) is 4.03. The normalized spacial score (nSPS) is 10.4. The molecule has 1 aromatic heterocycles. The van der Waals surface area contributed by atoms with Crippen molar-refractivity contribution in [2.75, 3.05) is 18.5 Å². The zero-order valence-corrected chi connectivity index (χ0v) is 16.1.